The second-order valence-electron chi connectivity index (χ2n) is 6.43. The molecule has 0 N–H and O–H groups in total. The monoisotopic (exact) mass is 315 g/mol. The number of piperidine rings is 1. The number of fused-ring (bicyclic) bond motifs is 1. The number of aromatic nitrogens is 4. The molecule has 23 heavy (non-hydrogen) atoms. The van der Waals surface area contributed by atoms with Crippen LogP contribution < -0.4 is 4.74 Å². The van der Waals surface area contributed by atoms with E-state index in [1.165, 1.54) is 6.42 Å². The van der Waals surface area contributed by atoms with E-state index in [0.717, 1.165) is 50.2 Å². The minimum absolute atomic E-state index is 0.284. The van der Waals surface area contributed by atoms with Crippen molar-refractivity contribution >= 4 is 11.6 Å². The van der Waals surface area contributed by atoms with Gasteiger partial charge in [0.25, 0.3) is 0 Å². The maximum absolute atomic E-state index is 12.3. The van der Waals surface area contributed by atoms with Gasteiger partial charge in [-0.05, 0) is 31.7 Å². The number of methoxy groups -OCH3 is 1. The number of carbonyl (C=O) groups is 1. The maximum Gasteiger partial charge on any atom is 0.231 e. The van der Waals surface area contributed by atoms with E-state index in [1.54, 1.807) is 17.7 Å². The highest BCUT2D eigenvalue weighted by Gasteiger charge is 2.33. The third-order valence-corrected chi connectivity index (χ3v) is 5.10. The molecular weight excluding hydrogens is 294 g/mol. The molecule has 4 rings (SSSR count). The van der Waals surface area contributed by atoms with Gasteiger partial charge in [0, 0.05) is 31.0 Å². The highest BCUT2D eigenvalue weighted by atomic mass is 16.5. The van der Waals surface area contributed by atoms with E-state index in [0.29, 0.717) is 11.8 Å². The van der Waals surface area contributed by atoms with Crippen molar-refractivity contribution < 1.29 is 9.53 Å². The second-order valence-corrected chi connectivity index (χ2v) is 6.43. The average Bonchev–Trinajstić information content (AvgIpc) is 2.96. The number of hydrogen-bond donors (Lipinski definition) is 0. The summed E-state index contributed by atoms with van der Waals surface area (Å²) in [6.07, 6.45) is 5.16. The summed E-state index contributed by atoms with van der Waals surface area (Å²) in [5, 5.41) is 12.9. The van der Waals surface area contributed by atoms with E-state index in [-0.39, 0.29) is 11.8 Å². The third kappa shape index (κ3) is 2.54. The topological polar surface area (TPSA) is 72.6 Å². The smallest absolute Gasteiger partial charge is 0.231 e. The summed E-state index contributed by atoms with van der Waals surface area (Å²) >= 11 is 0. The lowest BCUT2D eigenvalue weighted by molar-refractivity contribution is -0.139. The van der Waals surface area contributed by atoms with Crippen molar-refractivity contribution in [1.82, 2.24) is 24.7 Å². The van der Waals surface area contributed by atoms with Crippen LogP contribution in [0.3, 0.4) is 0 Å². The number of hydrogen-bond acceptors (Lipinski definition) is 5. The van der Waals surface area contributed by atoms with E-state index in [4.69, 9.17) is 4.74 Å². The highest BCUT2D eigenvalue weighted by molar-refractivity contribution is 5.79. The Labute approximate surface area is 134 Å². The van der Waals surface area contributed by atoms with Crippen LogP contribution in [-0.4, -0.2) is 50.8 Å². The van der Waals surface area contributed by atoms with Crippen molar-refractivity contribution in [2.75, 3.05) is 20.2 Å². The minimum Gasteiger partial charge on any atom is -0.480 e. The molecule has 0 unspecified atom stereocenters. The van der Waals surface area contributed by atoms with Crippen molar-refractivity contribution in [2.24, 2.45) is 5.92 Å². The molecule has 2 aromatic rings. The Kier molecular flexibility index (Phi) is 3.63. The van der Waals surface area contributed by atoms with Crippen LogP contribution in [0.5, 0.6) is 5.88 Å². The summed E-state index contributed by atoms with van der Waals surface area (Å²) in [5.41, 5.74) is 0.730. The Morgan fingerprint density at radius 1 is 1.17 bits per heavy atom. The van der Waals surface area contributed by atoms with E-state index in [1.807, 2.05) is 11.0 Å². The first-order chi connectivity index (χ1) is 11.3. The molecule has 0 atom stereocenters. The Morgan fingerprint density at radius 2 is 1.96 bits per heavy atom. The first kappa shape index (κ1) is 14.4. The fourth-order valence-corrected chi connectivity index (χ4v) is 3.42. The van der Waals surface area contributed by atoms with Crippen LogP contribution in [-0.2, 0) is 4.79 Å². The molecule has 2 aliphatic rings. The molecule has 122 valence electrons. The number of likely N-dealkylation sites (tertiary alicyclic amines) is 1. The van der Waals surface area contributed by atoms with Crippen molar-refractivity contribution in [3.63, 3.8) is 0 Å². The first-order valence-corrected chi connectivity index (χ1v) is 8.31. The Morgan fingerprint density at radius 3 is 2.61 bits per heavy atom. The standard InChI is InChI=1S/C16H21N5O2/c1-23-14-6-5-13-17-18-15(21(13)19-14)11-7-9-20(10-8-11)16(22)12-3-2-4-12/h5-6,11-12H,2-4,7-10H2,1H3. The summed E-state index contributed by atoms with van der Waals surface area (Å²) in [6, 6.07) is 3.64. The zero-order valence-electron chi connectivity index (χ0n) is 13.3. The van der Waals surface area contributed by atoms with Gasteiger partial charge in [0.2, 0.25) is 11.8 Å². The molecule has 0 bridgehead atoms. The van der Waals surface area contributed by atoms with Crippen LogP contribution in [0.4, 0.5) is 0 Å². The Bertz CT molecular complexity index is 716. The molecule has 2 fully saturated rings. The molecule has 0 spiro atoms. The molecule has 1 aliphatic heterocycles. The van der Waals surface area contributed by atoms with Gasteiger partial charge in [0.05, 0.1) is 7.11 Å². The molecule has 3 heterocycles. The molecule has 0 radical (unpaired) electrons. The predicted octanol–water partition coefficient (Wildman–Crippen LogP) is 1.64. The molecule has 1 amide bonds. The van der Waals surface area contributed by atoms with Crippen LogP contribution in [0.15, 0.2) is 12.1 Å². The number of carbonyl (C=O) groups excluding carboxylic acids is 1. The number of nitrogens with zero attached hydrogens (tertiary/aromatic N) is 5. The summed E-state index contributed by atoms with van der Waals surface area (Å²) in [4.78, 5) is 14.4. The quantitative estimate of drug-likeness (QED) is 0.861. The molecule has 2 aromatic heterocycles. The lowest BCUT2D eigenvalue weighted by Gasteiger charge is -2.36. The molecule has 1 saturated heterocycles. The van der Waals surface area contributed by atoms with E-state index in [2.05, 4.69) is 15.3 Å². The summed E-state index contributed by atoms with van der Waals surface area (Å²) in [7, 11) is 1.60. The second kappa shape index (κ2) is 5.79. The molecule has 7 nitrogen and oxygen atoms in total. The molecular formula is C16H21N5O2. The molecule has 7 heteroatoms. The van der Waals surface area contributed by atoms with Crippen LogP contribution in [0.2, 0.25) is 0 Å². The van der Waals surface area contributed by atoms with Crippen LogP contribution in [0, 0.1) is 5.92 Å². The fraction of sp³-hybridized carbons (Fsp3) is 0.625. The Balaban J connectivity index is 1.48. The SMILES string of the molecule is COc1ccc2nnc(C3CCN(C(=O)C4CCC4)CC3)n2n1. The van der Waals surface area contributed by atoms with Crippen LogP contribution in [0.25, 0.3) is 5.65 Å². The van der Waals surface area contributed by atoms with Crippen molar-refractivity contribution in [3.8, 4) is 5.88 Å². The van der Waals surface area contributed by atoms with Crippen molar-refractivity contribution in [1.29, 1.82) is 0 Å². The molecule has 1 saturated carbocycles. The molecule has 0 aromatic carbocycles. The minimum atomic E-state index is 0.284. The number of ether oxygens (including phenoxy) is 1. The normalized spacial score (nSPS) is 19.8. The number of rotatable bonds is 3. The Hall–Kier alpha value is -2.18. The van der Waals surface area contributed by atoms with Crippen molar-refractivity contribution in [2.45, 2.75) is 38.0 Å². The van der Waals surface area contributed by atoms with E-state index < -0.39 is 0 Å². The number of amides is 1. The fourth-order valence-electron chi connectivity index (χ4n) is 3.42. The van der Waals surface area contributed by atoms with Gasteiger partial charge in [-0.1, -0.05) is 6.42 Å². The van der Waals surface area contributed by atoms with Crippen LogP contribution in [0.1, 0.15) is 43.8 Å². The van der Waals surface area contributed by atoms with Crippen molar-refractivity contribution in [3.05, 3.63) is 18.0 Å². The lowest BCUT2D eigenvalue weighted by atomic mass is 9.83. The van der Waals surface area contributed by atoms with E-state index in [9.17, 15) is 4.79 Å². The van der Waals surface area contributed by atoms with Gasteiger partial charge in [0.1, 0.15) is 0 Å². The molecule has 1 aliphatic carbocycles. The van der Waals surface area contributed by atoms with E-state index >= 15 is 0 Å². The summed E-state index contributed by atoms with van der Waals surface area (Å²) in [6.45, 7) is 1.61. The zero-order valence-corrected chi connectivity index (χ0v) is 13.3. The van der Waals surface area contributed by atoms with Gasteiger partial charge < -0.3 is 9.64 Å². The maximum atomic E-state index is 12.3. The largest absolute Gasteiger partial charge is 0.480 e. The van der Waals surface area contributed by atoms with Gasteiger partial charge >= 0.3 is 0 Å². The zero-order chi connectivity index (χ0) is 15.8. The average molecular weight is 315 g/mol. The third-order valence-electron chi connectivity index (χ3n) is 5.10. The van der Waals surface area contributed by atoms with Crippen LogP contribution >= 0.6 is 0 Å². The summed E-state index contributed by atoms with van der Waals surface area (Å²) in [5.74, 6) is 2.34. The lowest BCUT2D eigenvalue weighted by Crippen LogP contribution is -2.43. The predicted molar refractivity (Wildman–Crippen MR) is 83.2 cm³/mol. The first-order valence-electron chi connectivity index (χ1n) is 8.31. The van der Waals surface area contributed by atoms with Gasteiger partial charge in [0.15, 0.2) is 11.5 Å². The van der Waals surface area contributed by atoms with Gasteiger partial charge in [-0.3, -0.25) is 4.79 Å². The van der Waals surface area contributed by atoms with Gasteiger partial charge in [-0.15, -0.1) is 15.3 Å². The summed E-state index contributed by atoms with van der Waals surface area (Å²) < 4.78 is 6.96. The van der Waals surface area contributed by atoms with Gasteiger partial charge in [-0.2, -0.15) is 4.52 Å². The van der Waals surface area contributed by atoms with Gasteiger partial charge in [-0.25, -0.2) is 0 Å². The highest BCUT2D eigenvalue weighted by Crippen LogP contribution is 2.32.